The molecule has 82 valence electrons. The molecule has 0 spiro atoms. The number of hydrogen-bond donors (Lipinski definition) is 2. The molecule has 1 aromatic rings. The minimum atomic E-state index is -0.0199. The van der Waals surface area contributed by atoms with Crippen molar-refractivity contribution in [2.45, 2.75) is 13.8 Å². The SMILES string of the molecule is CC(C)CSC(=O)Nc1ccc(N)cc1. The first-order chi connectivity index (χ1) is 7.08. The van der Waals surface area contributed by atoms with Gasteiger partial charge in [-0.3, -0.25) is 4.79 Å². The van der Waals surface area contributed by atoms with Gasteiger partial charge < -0.3 is 11.1 Å². The van der Waals surface area contributed by atoms with Crippen molar-refractivity contribution in [1.82, 2.24) is 0 Å². The molecule has 1 rings (SSSR count). The number of carbonyl (C=O) groups is 1. The fraction of sp³-hybridized carbons (Fsp3) is 0.364. The van der Waals surface area contributed by atoms with Gasteiger partial charge in [-0.1, -0.05) is 25.6 Å². The van der Waals surface area contributed by atoms with Crippen LogP contribution in [0.5, 0.6) is 0 Å². The zero-order valence-electron chi connectivity index (χ0n) is 8.99. The van der Waals surface area contributed by atoms with Crippen LogP contribution < -0.4 is 11.1 Å². The largest absolute Gasteiger partial charge is 0.399 e. The number of nitrogen functional groups attached to an aromatic ring is 1. The molecule has 0 atom stereocenters. The lowest BCUT2D eigenvalue weighted by atomic mass is 10.3. The van der Waals surface area contributed by atoms with E-state index < -0.39 is 0 Å². The number of thioether (sulfide) groups is 1. The van der Waals surface area contributed by atoms with Crippen LogP contribution >= 0.6 is 11.8 Å². The highest BCUT2D eigenvalue weighted by molar-refractivity contribution is 8.13. The highest BCUT2D eigenvalue weighted by Crippen LogP contribution is 2.15. The number of rotatable bonds is 3. The van der Waals surface area contributed by atoms with Gasteiger partial charge in [0.15, 0.2) is 0 Å². The van der Waals surface area contributed by atoms with Gasteiger partial charge in [-0.05, 0) is 30.2 Å². The van der Waals surface area contributed by atoms with E-state index >= 15 is 0 Å². The van der Waals surface area contributed by atoms with Crippen molar-refractivity contribution < 1.29 is 4.79 Å². The van der Waals surface area contributed by atoms with Gasteiger partial charge in [0.1, 0.15) is 0 Å². The van der Waals surface area contributed by atoms with E-state index in [4.69, 9.17) is 5.73 Å². The van der Waals surface area contributed by atoms with Crippen LogP contribution in [0.25, 0.3) is 0 Å². The van der Waals surface area contributed by atoms with E-state index in [1.807, 2.05) is 0 Å². The van der Waals surface area contributed by atoms with Crippen LogP contribution in [0.1, 0.15) is 13.8 Å². The van der Waals surface area contributed by atoms with Crippen molar-refractivity contribution in [3.05, 3.63) is 24.3 Å². The van der Waals surface area contributed by atoms with Crippen molar-refractivity contribution in [2.75, 3.05) is 16.8 Å². The van der Waals surface area contributed by atoms with Gasteiger partial charge in [0.2, 0.25) is 0 Å². The number of anilines is 2. The molecule has 0 saturated heterocycles. The molecule has 1 aromatic carbocycles. The van der Waals surface area contributed by atoms with Crippen LogP contribution in [0, 0.1) is 5.92 Å². The van der Waals surface area contributed by atoms with E-state index in [-0.39, 0.29) is 5.24 Å². The average Bonchev–Trinajstić information content (AvgIpc) is 2.19. The molecule has 0 aliphatic heterocycles. The summed E-state index contributed by atoms with van der Waals surface area (Å²) >= 11 is 1.30. The lowest BCUT2D eigenvalue weighted by molar-refractivity contribution is 0.269. The minimum absolute atomic E-state index is 0.0199. The van der Waals surface area contributed by atoms with E-state index in [0.29, 0.717) is 11.6 Å². The first kappa shape index (κ1) is 11.9. The van der Waals surface area contributed by atoms with Gasteiger partial charge in [-0.15, -0.1) is 0 Å². The van der Waals surface area contributed by atoms with Gasteiger partial charge in [0.05, 0.1) is 0 Å². The van der Waals surface area contributed by atoms with Crippen molar-refractivity contribution in [3.8, 4) is 0 Å². The van der Waals surface area contributed by atoms with Crippen molar-refractivity contribution in [1.29, 1.82) is 0 Å². The Kier molecular flexibility index (Phi) is 4.49. The third-order valence-corrected chi connectivity index (χ3v) is 2.90. The van der Waals surface area contributed by atoms with Crippen LogP contribution in [0.4, 0.5) is 16.2 Å². The predicted molar refractivity (Wildman–Crippen MR) is 67.2 cm³/mol. The van der Waals surface area contributed by atoms with Gasteiger partial charge in [0.25, 0.3) is 5.24 Å². The van der Waals surface area contributed by atoms with E-state index in [1.54, 1.807) is 24.3 Å². The molecule has 0 radical (unpaired) electrons. The summed E-state index contributed by atoms with van der Waals surface area (Å²) in [5, 5.41) is 2.77. The average molecular weight is 224 g/mol. The van der Waals surface area contributed by atoms with E-state index in [9.17, 15) is 4.79 Å². The van der Waals surface area contributed by atoms with Crippen LogP contribution in [0.2, 0.25) is 0 Å². The Bertz CT molecular complexity index is 322. The molecule has 0 saturated carbocycles. The molecule has 0 bridgehead atoms. The quantitative estimate of drug-likeness (QED) is 0.775. The van der Waals surface area contributed by atoms with Gasteiger partial charge >= 0.3 is 0 Å². The fourth-order valence-electron chi connectivity index (χ4n) is 0.963. The Labute approximate surface area is 94.4 Å². The van der Waals surface area contributed by atoms with Gasteiger partial charge in [0, 0.05) is 17.1 Å². The Morgan fingerprint density at radius 3 is 2.53 bits per heavy atom. The molecule has 0 aromatic heterocycles. The molecule has 0 aliphatic rings. The molecule has 1 amide bonds. The third kappa shape index (κ3) is 4.74. The smallest absolute Gasteiger partial charge is 0.283 e. The minimum Gasteiger partial charge on any atom is -0.399 e. The standard InChI is InChI=1S/C11H16N2OS/c1-8(2)7-15-11(14)13-10-5-3-9(12)4-6-10/h3-6,8H,7,12H2,1-2H3,(H,13,14). The Hall–Kier alpha value is -1.16. The Morgan fingerprint density at radius 2 is 2.00 bits per heavy atom. The van der Waals surface area contributed by atoms with E-state index in [2.05, 4.69) is 19.2 Å². The predicted octanol–water partition coefficient (Wildman–Crippen LogP) is 3.19. The topological polar surface area (TPSA) is 55.1 Å². The highest BCUT2D eigenvalue weighted by atomic mass is 32.2. The number of nitrogens with two attached hydrogens (primary N) is 1. The van der Waals surface area contributed by atoms with Crippen molar-refractivity contribution in [2.24, 2.45) is 5.92 Å². The van der Waals surface area contributed by atoms with Gasteiger partial charge in [-0.2, -0.15) is 0 Å². The summed E-state index contributed by atoms with van der Waals surface area (Å²) in [5.74, 6) is 1.35. The van der Waals surface area contributed by atoms with E-state index in [0.717, 1.165) is 11.4 Å². The zero-order valence-corrected chi connectivity index (χ0v) is 9.80. The molecule has 15 heavy (non-hydrogen) atoms. The first-order valence-corrected chi connectivity index (χ1v) is 5.86. The number of nitrogens with one attached hydrogen (secondary N) is 1. The number of hydrogen-bond acceptors (Lipinski definition) is 3. The number of benzene rings is 1. The van der Waals surface area contributed by atoms with Crippen molar-refractivity contribution >= 4 is 28.4 Å². The second-order valence-electron chi connectivity index (χ2n) is 3.74. The summed E-state index contributed by atoms with van der Waals surface area (Å²) in [5.41, 5.74) is 7.02. The van der Waals surface area contributed by atoms with Crippen LogP contribution in [-0.2, 0) is 0 Å². The van der Waals surface area contributed by atoms with Crippen LogP contribution in [0.15, 0.2) is 24.3 Å². The van der Waals surface area contributed by atoms with Crippen molar-refractivity contribution in [3.63, 3.8) is 0 Å². The summed E-state index contributed by atoms with van der Waals surface area (Å²) in [4.78, 5) is 11.4. The molecule has 0 heterocycles. The van der Waals surface area contributed by atoms with E-state index in [1.165, 1.54) is 11.8 Å². The molecule has 4 heteroatoms. The number of amides is 1. The molecule has 3 N–H and O–H groups in total. The summed E-state index contributed by atoms with van der Waals surface area (Å²) in [7, 11) is 0. The highest BCUT2D eigenvalue weighted by Gasteiger charge is 2.04. The van der Waals surface area contributed by atoms with Gasteiger partial charge in [-0.25, -0.2) is 0 Å². The Balaban J connectivity index is 2.41. The summed E-state index contributed by atoms with van der Waals surface area (Å²) < 4.78 is 0. The second kappa shape index (κ2) is 5.66. The summed E-state index contributed by atoms with van der Waals surface area (Å²) in [6, 6.07) is 7.12. The summed E-state index contributed by atoms with van der Waals surface area (Å²) in [6.07, 6.45) is 0. The fourth-order valence-corrected chi connectivity index (χ4v) is 1.64. The zero-order chi connectivity index (χ0) is 11.3. The lowest BCUT2D eigenvalue weighted by Crippen LogP contribution is -2.07. The second-order valence-corrected chi connectivity index (χ2v) is 4.73. The molecule has 0 fully saturated rings. The normalized spacial score (nSPS) is 10.3. The lowest BCUT2D eigenvalue weighted by Gasteiger charge is -2.06. The maximum Gasteiger partial charge on any atom is 0.283 e. The number of carbonyl (C=O) groups excluding carboxylic acids is 1. The maximum absolute atomic E-state index is 11.4. The monoisotopic (exact) mass is 224 g/mol. The summed E-state index contributed by atoms with van der Waals surface area (Å²) in [6.45, 7) is 4.17. The molecular weight excluding hydrogens is 208 g/mol. The maximum atomic E-state index is 11.4. The first-order valence-electron chi connectivity index (χ1n) is 4.87. The molecule has 0 aliphatic carbocycles. The van der Waals surface area contributed by atoms with Crippen LogP contribution in [0.3, 0.4) is 0 Å². The van der Waals surface area contributed by atoms with Crippen LogP contribution in [-0.4, -0.2) is 11.0 Å². The Morgan fingerprint density at radius 1 is 1.40 bits per heavy atom. The third-order valence-electron chi connectivity index (χ3n) is 1.70. The molecule has 0 unspecified atom stereocenters. The molecule has 3 nitrogen and oxygen atoms in total. The molecular formula is C11H16N2OS.